The van der Waals surface area contributed by atoms with Gasteiger partial charge in [-0.3, -0.25) is 0 Å². The number of nitrogens with one attached hydrogen (secondary N) is 1. The summed E-state index contributed by atoms with van der Waals surface area (Å²) in [6.07, 6.45) is 9.85. The maximum absolute atomic E-state index is 12.8. The molecular weight excluding hydrogens is 502 g/mol. The number of ether oxygens (including phenoxy) is 1. The average Bonchev–Trinajstić information content (AvgIpc) is 3.47. The molecule has 38 heavy (non-hydrogen) atoms. The molecule has 1 aliphatic rings. The summed E-state index contributed by atoms with van der Waals surface area (Å²) in [6.45, 7) is 2.35. The van der Waals surface area contributed by atoms with Gasteiger partial charge in [-0.15, -0.1) is 0 Å². The summed E-state index contributed by atoms with van der Waals surface area (Å²) in [5, 5.41) is 32.6. The van der Waals surface area contributed by atoms with E-state index in [4.69, 9.17) is 4.74 Å². The first-order valence-electron chi connectivity index (χ1n) is 14.1. The van der Waals surface area contributed by atoms with E-state index in [2.05, 4.69) is 5.32 Å². The molecule has 2 aromatic rings. The van der Waals surface area contributed by atoms with Crippen LogP contribution in [0.3, 0.4) is 0 Å². The first-order valence-corrected chi connectivity index (χ1v) is 15.7. The van der Waals surface area contributed by atoms with Crippen molar-refractivity contribution >= 4 is 9.84 Å². The smallest absolute Gasteiger partial charge is 0.181 e. The minimum absolute atomic E-state index is 0.00319. The SMILES string of the molecule is O=S(=O)(c1cccc(CCCCOCCCCCCNCC(O)c2cccc(O)c2CO)c1)C1CCCC1. The highest BCUT2D eigenvalue weighted by atomic mass is 32.2. The molecule has 0 bridgehead atoms. The van der Waals surface area contributed by atoms with Crippen molar-refractivity contribution in [2.24, 2.45) is 0 Å². The topological polar surface area (TPSA) is 116 Å². The first-order chi connectivity index (χ1) is 18.4. The van der Waals surface area contributed by atoms with Crippen molar-refractivity contribution in [1.82, 2.24) is 5.32 Å². The van der Waals surface area contributed by atoms with Gasteiger partial charge in [0.25, 0.3) is 0 Å². The van der Waals surface area contributed by atoms with Crippen LogP contribution in [0.25, 0.3) is 0 Å². The molecule has 1 atom stereocenters. The predicted molar refractivity (Wildman–Crippen MR) is 150 cm³/mol. The number of hydrogen-bond acceptors (Lipinski definition) is 7. The average molecular weight is 548 g/mol. The van der Waals surface area contributed by atoms with Crippen molar-refractivity contribution in [3.8, 4) is 5.75 Å². The van der Waals surface area contributed by atoms with Crippen LogP contribution in [0.2, 0.25) is 0 Å². The van der Waals surface area contributed by atoms with E-state index in [-0.39, 0.29) is 17.6 Å². The Morgan fingerprint density at radius 3 is 2.42 bits per heavy atom. The van der Waals surface area contributed by atoms with E-state index in [1.54, 1.807) is 18.2 Å². The summed E-state index contributed by atoms with van der Waals surface area (Å²) in [7, 11) is -3.19. The summed E-state index contributed by atoms with van der Waals surface area (Å²) in [4.78, 5) is 0.483. The summed E-state index contributed by atoms with van der Waals surface area (Å²) in [5.74, 6) is 0.00319. The van der Waals surface area contributed by atoms with E-state index in [0.29, 0.717) is 22.6 Å². The highest BCUT2D eigenvalue weighted by Crippen LogP contribution is 2.30. The second-order valence-corrected chi connectivity index (χ2v) is 12.5. The fourth-order valence-electron chi connectivity index (χ4n) is 5.14. The molecule has 8 heteroatoms. The Balaban J connectivity index is 1.18. The quantitative estimate of drug-likeness (QED) is 0.198. The summed E-state index contributed by atoms with van der Waals surface area (Å²) in [5.41, 5.74) is 2.01. The molecule has 0 radical (unpaired) electrons. The molecule has 1 saturated carbocycles. The number of hydrogen-bond donors (Lipinski definition) is 4. The normalized spacial score (nSPS) is 15.2. The van der Waals surface area contributed by atoms with Crippen LogP contribution in [0.4, 0.5) is 0 Å². The molecule has 4 N–H and O–H groups in total. The second-order valence-electron chi connectivity index (χ2n) is 10.3. The standard InChI is InChI=1S/C30H45NO6S/c32-23-28-27(16-10-17-29(28)33)30(34)22-31-18-6-1-2-7-19-37-20-8-5-11-24-12-9-15-26(21-24)38(35,36)25-13-3-4-14-25/h9-10,12,15-17,21,25,30-34H,1-8,11,13-14,18-20,22-23H2. The van der Waals surface area contributed by atoms with E-state index in [0.717, 1.165) is 96.0 Å². The molecule has 7 nitrogen and oxygen atoms in total. The van der Waals surface area contributed by atoms with Crippen molar-refractivity contribution in [3.05, 3.63) is 59.2 Å². The Hall–Kier alpha value is -1.97. The first kappa shape index (κ1) is 30.6. The number of aromatic hydroxyl groups is 1. The zero-order valence-corrected chi connectivity index (χ0v) is 23.3. The number of phenols is 1. The Bertz CT molecular complexity index is 1070. The third kappa shape index (κ3) is 9.35. The van der Waals surface area contributed by atoms with Crippen LogP contribution in [-0.2, 0) is 27.6 Å². The number of sulfone groups is 1. The molecule has 0 amide bonds. The van der Waals surface area contributed by atoms with Gasteiger partial charge in [-0.2, -0.15) is 0 Å². The predicted octanol–water partition coefficient (Wildman–Crippen LogP) is 4.82. The lowest BCUT2D eigenvalue weighted by Gasteiger charge is -2.16. The molecule has 3 rings (SSSR count). The van der Waals surface area contributed by atoms with Crippen LogP contribution in [0.15, 0.2) is 47.4 Å². The second kappa shape index (κ2) is 16.2. The molecule has 1 unspecified atom stereocenters. The summed E-state index contributed by atoms with van der Waals surface area (Å²) in [6, 6.07) is 12.4. The largest absolute Gasteiger partial charge is 0.508 e. The molecule has 2 aromatic carbocycles. The Kier molecular flexibility index (Phi) is 13.0. The van der Waals surface area contributed by atoms with Crippen LogP contribution < -0.4 is 5.32 Å². The lowest BCUT2D eigenvalue weighted by Crippen LogP contribution is -2.23. The van der Waals surface area contributed by atoms with Crippen LogP contribution in [0.1, 0.15) is 87.0 Å². The number of aliphatic hydroxyl groups is 2. The lowest BCUT2D eigenvalue weighted by atomic mass is 10.0. The molecule has 1 aliphatic carbocycles. The van der Waals surface area contributed by atoms with E-state index < -0.39 is 15.9 Å². The minimum Gasteiger partial charge on any atom is -0.508 e. The van der Waals surface area contributed by atoms with Gasteiger partial charge >= 0.3 is 0 Å². The molecule has 0 spiro atoms. The zero-order chi connectivity index (χ0) is 27.2. The zero-order valence-electron chi connectivity index (χ0n) is 22.5. The fourth-order valence-corrected chi connectivity index (χ4v) is 7.06. The molecule has 0 saturated heterocycles. The van der Waals surface area contributed by atoms with E-state index >= 15 is 0 Å². The van der Waals surface area contributed by atoms with E-state index in [9.17, 15) is 23.7 Å². The molecular formula is C30H45NO6S. The maximum atomic E-state index is 12.8. The van der Waals surface area contributed by atoms with Gasteiger partial charge in [0.05, 0.1) is 22.9 Å². The molecule has 0 aromatic heterocycles. The van der Waals surface area contributed by atoms with Gasteiger partial charge in [-0.05, 0) is 80.8 Å². The lowest BCUT2D eigenvalue weighted by molar-refractivity contribution is 0.126. The van der Waals surface area contributed by atoms with Gasteiger partial charge in [-0.25, -0.2) is 8.42 Å². The Morgan fingerprint density at radius 1 is 0.947 bits per heavy atom. The highest BCUT2D eigenvalue weighted by Gasteiger charge is 2.30. The highest BCUT2D eigenvalue weighted by molar-refractivity contribution is 7.92. The summed E-state index contributed by atoms with van der Waals surface area (Å²) >= 11 is 0. The van der Waals surface area contributed by atoms with Gasteiger partial charge in [0.1, 0.15) is 5.75 Å². The van der Waals surface area contributed by atoms with Crippen molar-refractivity contribution in [1.29, 1.82) is 0 Å². The van der Waals surface area contributed by atoms with Crippen molar-refractivity contribution in [3.63, 3.8) is 0 Å². The third-order valence-electron chi connectivity index (χ3n) is 7.41. The monoisotopic (exact) mass is 547 g/mol. The van der Waals surface area contributed by atoms with Gasteiger partial charge in [0.15, 0.2) is 9.84 Å². The van der Waals surface area contributed by atoms with Crippen LogP contribution in [-0.4, -0.2) is 55.3 Å². The Morgan fingerprint density at radius 2 is 1.66 bits per heavy atom. The van der Waals surface area contributed by atoms with Gasteiger partial charge in [-0.1, -0.05) is 49.9 Å². The molecule has 1 fully saturated rings. The molecule has 212 valence electrons. The van der Waals surface area contributed by atoms with Crippen molar-refractivity contribution in [2.75, 3.05) is 26.3 Å². The van der Waals surface area contributed by atoms with Crippen LogP contribution >= 0.6 is 0 Å². The van der Waals surface area contributed by atoms with Crippen molar-refractivity contribution in [2.45, 2.75) is 93.5 Å². The fraction of sp³-hybridized carbons (Fsp3) is 0.600. The van der Waals surface area contributed by atoms with Gasteiger partial charge in [0.2, 0.25) is 0 Å². The summed E-state index contributed by atoms with van der Waals surface area (Å²) < 4.78 is 31.4. The number of aryl methyl sites for hydroxylation is 1. The minimum atomic E-state index is -3.19. The van der Waals surface area contributed by atoms with Gasteiger partial charge < -0.3 is 25.4 Å². The maximum Gasteiger partial charge on any atom is 0.181 e. The molecule has 0 aliphatic heterocycles. The molecule has 0 heterocycles. The number of unbranched alkanes of at least 4 members (excludes halogenated alkanes) is 4. The van der Waals surface area contributed by atoms with E-state index in [1.807, 2.05) is 18.2 Å². The number of rotatable bonds is 18. The van der Waals surface area contributed by atoms with E-state index in [1.165, 1.54) is 6.07 Å². The van der Waals surface area contributed by atoms with Crippen molar-refractivity contribution < 1.29 is 28.5 Å². The Labute approximate surface area is 228 Å². The van der Waals surface area contributed by atoms with Gasteiger partial charge in [0, 0.05) is 25.3 Å². The van der Waals surface area contributed by atoms with Crippen LogP contribution in [0, 0.1) is 0 Å². The third-order valence-corrected chi connectivity index (χ3v) is 9.67. The number of aliphatic hydroxyl groups excluding tert-OH is 2. The van der Waals surface area contributed by atoms with Crippen LogP contribution in [0.5, 0.6) is 5.75 Å². The number of benzene rings is 2.